The van der Waals surface area contributed by atoms with Crippen LogP contribution in [0.25, 0.3) is 16.9 Å². The molecule has 0 saturated carbocycles. The summed E-state index contributed by atoms with van der Waals surface area (Å²) in [6.07, 6.45) is 1.77. The van der Waals surface area contributed by atoms with E-state index in [0.29, 0.717) is 22.6 Å². The van der Waals surface area contributed by atoms with E-state index < -0.39 is 0 Å². The topological polar surface area (TPSA) is 87.5 Å². The molecule has 1 aromatic heterocycles. The molecule has 110 valence electrons. The van der Waals surface area contributed by atoms with E-state index in [1.165, 1.54) is 0 Å². The molecule has 6 heteroatoms. The summed E-state index contributed by atoms with van der Waals surface area (Å²) in [6.45, 7) is 0. The molecular weight excluding hydrogens is 290 g/mol. The maximum atomic E-state index is 8.95. The van der Waals surface area contributed by atoms with Crippen molar-refractivity contribution in [2.24, 2.45) is 0 Å². The standard InChI is InChI=1S/C17H11N5O/c1-23-17-8-13(10-19)4-7-15(17)16-11-22(21-20-16)14-5-2-12(9-18)3-6-14/h2-8,11H,1H3. The Labute approximate surface area is 132 Å². The minimum absolute atomic E-state index is 0.519. The van der Waals surface area contributed by atoms with Gasteiger partial charge in [-0.3, -0.25) is 0 Å². The van der Waals surface area contributed by atoms with Crippen molar-refractivity contribution in [3.8, 4) is 34.8 Å². The van der Waals surface area contributed by atoms with Gasteiger partial charge in [-0.2, -0.15) is 10.5 Å². The third-order valence-corrected chi connectivity index (χ3v) is 3.36. The zero-order chi connectivity index (χ0) is 16.2. The third kappa shape index (κ3) is 2.74. The van der Waals surface area contributed by atoms with Crippen LogP contribution >= 0.6 is 0 Å². The van der Waals surface area contributed by atoms with Crippen LogP contribution in [0, 0.1) is 22.7 Å². The second kappa shape index (κ2) is 6.00. The van der Waals surface area contributed by atoms with Crippen LogP contribution in [0.4, 0.5) is 0 Å². The molecule has 0 N–H and O–H groups in total. The summed E-state index contributed by atoms with van der Waals surface area (Å²) >= 11 is 0. The normalized spacial score (nSPS) is 9.87. The van der Waals surface area contributed by atoms with Crippen LogP contribution < -0.4 is 4.74 Å². The van der Waals surface area contributed by atoms with Crippen molar-refractivity contribution in [1.82, 2.24) is 15.0 Å². The molecule has 0 aliphatic carbocycles. The molecule has 0 bridgehead atoms. The van der Waals surface area contributed by atoms with Crippen LogP contribution in [-0.2, 0) is 0 Å². The van der Waals surface area contributed by atoms with E-state index in [1.807, 2.05) is 0 Å². The first-order valence-electron chi connectivity index (χ1n) is 6.76. The predicted molar refractivity (Wildman–Crippen MR) is 82.8 cm³/mol. The fourth-order valence-corrected chi connectivity index (χ4v) is 2.17. The Hall–Kier alpha value is -3.64. The molecular formula is C17H11N5O. The van der Waals surface area contributed by atoms with Gasteiger partial charge >= 0.3 is 0 Å². The van der Waals surface area contributed by atoms with Crippen molar-refractivity contribution < 1.29 is 4.74 Å². The number of nitrogens with zero attached hydrogens (tertiary/aromatic N) is 5. The number of hydrogen-bond donors (Lipinski definition) is 0. The number of hydrogen-bond acceptors (Lipinski definition) is 5. The highest BCUT2D eigenvalue weighted by atomic mass is 16.5. The summed E-state index contributed by atoms with van der Waals surface area (Å²) < 4.78 is 6.94. The third-order valence-electron chi connectivity index (χ3n) is 3.36. The van der Waals surface area contributed by atoms with E-state index in [2.05, 4.69) is 22.5 Å². The molecule has 0 amide bonds. The van der Waals surface area contributed by atoms with Gasteiger partial charge in [-0.15, -0.1) is 5.10 Å². The molecule has 0 radical (unpaired) electrons. The Morgan fingerprint density at radius 2 is 1.70 bits per heavy atom. The molecule has 0 aliphatic rings. The van der Waals surface area contributed by atoms with Gasteiger partial charge in [-0.25, -0.2) is 4.68 Å². The lowest BCUT2D eigenvalue weighted by atomic mass is 10.1. The highest BCUT2D eigenvalue weighted by molar-refractivity contribution is 5.68. The van der Waals surface area contributed by atoms with Gasteiger partial charge in [0.05, 0.1) is 42.3 Å². The van der Waals surface area contributed by atoms with E-state index >= 15 is 0 Å². The first-order valence-corrected chi connectivity index (χ1v) is 6.76. The van der Waals surface area contributed by atoms with Crippen molar-refractivity contribution in [3.63, 3.8) is 0 Å². The van der Waals surface area contributed by atoms with Gasteiger partial charge in [0, 0.05) is 5.56 Å². The van der Waals surface area contributed by atoms with E-state index in [9.17, 15) is 0 Å². The molecule has 6 nitrogen and oxygen atoms in total. The molecule has 1 heterocycles. The Kier molecular flexibility index (Phi) is 3.73. The van der Waals surface area contributed by atoms with Gasteiger partial charge in [0.15, 0.2) is 0 Å². The van der Waals surface area contributed by atoms with Crippen LogP contribution in [0.3, 0.4) is 0 Å². The maximum absolute atomic E-state index is 8.95. The van der Waals surface area contributed by atoms with Crippen LogP contribution in [-0.4, -0.2) is 22.1 Å². The molecule has 0 fully saturated rings. The van der Waals surface area contributed by atoms with E-state index in [-0.39, 0.29) is 0 Å². The molecule has 0 saturated heterocycles. The van der Waals surface area contributed by atoms with Crippen molar-refractivity contribution in [2.75, 3.05) is 7.11 Å². The summed E-state index contributed by atoms with van der Waals surface area (Å²) in [5.74, 6) is 0.566. The van der Waals surface area contributed by atoms with Gasteiger partial charge in [-0.05, 0) is 42.5 Å². The molecule has 0 atom stereocenters. The highest BCUT2D eigenvalue weighted by Gasteiger charge is 2.11. The van der Waals surface area contributed by atoms with Crippen molar-refractivity contribution in [1.29, 1.82) is 10.5 Å². The van der Waals surface area contributed by atoms with Crippen LogP contribution in [0.15, 0.2) is 48.7 Å². The van der Waals surface area contributed by atoms with Crippen molar-refractivity contribution in [3.05, 3.63) is 59.8 Å². The van der Waals surface area contributed by atoms with Gasteiger partial charge < -0.3 is 4.74 Å². The molecule has 0 spiro atoms. The Balaban J connectivity index is 1.99. The van der Waals surface area contributed by atoms with E-state index in [0.717, 1.165) is 11.3 Å². The van der Waals surface area contributed by atoms with Crippen LogP contribution in [0.1, 0.15) is 11.1 Å². The molecule has 2 aromatic carbocycles. The smallest absolute Gasteiger partial charge is 0.129 e. The minimum Gasteiger partial charge on any atom is -0.496 e. The zero-order valence-electron chi connectivity index (χ0n) is 12.3. The quantitative estimate of drug-likeness (QED) is 0.742. The summed E-state index contributed by atoms with van der Waals surface area (Å²) in [5, 5.41) is 26.0. The highest BCUT2D eigenvalue weighted by Crippen LogP contribution is 2.29. The summed E-state index contributed by atoms with van der Waals surface area (Å²) in [6, 6.07) is 16.3. The SMILES string of the molecule is COc1cc(C#N)ccc1-c1cn(-c2ccc(C#N)cc2)nn1. The number of nitriles is 2. The minimum atomic E-state index is 0.519. The largest absolute Gasteiger partial charge is 0.496 e. The predicted octanol–water partition coefficient (Wildman–Crippen LogP) is 2.69. The first kappa shape index (κ1) is 14.3. The number of methoxy groups -OCH3 is 1. The Morgan fingerprint density at radius 3 is 2.35 bits per heavy atom. The fraction of sp³-hybridized carbons (Fsp3) is 0.0588. The number of rotatable bonds is 3. The van der Waals surface area contributed by atoms with Gasteiger partial charge in [0.2, 0.25) is 0 Å². The van der Waals surface area contributed by atoms with Gasteiger partial charge in [0.1, 0.15) is 11.4 Å². The summed E-state index contributed by atoms with van der Waals surface area (Å²) in [4.78, 5) is 0. The Morgan fingerprint density at radius 1 is 1.00 bits per heavy atom. The lowest BCUT2D eigenvalue weighted by Crippen LogP contribution is -1.94. The average molecular weight is 301 g/mol. The molecule has 3 rings (SSSR count). The summed E-state index contributed by atoms with van der Waals surface area (Å²) in [5.41, 5.74) is 3.30. The second-order valence-electron chi connectivity index (χ2n) is 4.73. The molecule has 3 aromatic rings. The van der Waals surface area contributed by atoms with Gasteiger partial charge in [0.25, 0.3) is 0 Å². The van der Waals surface area contributed by atoms with E-state index in [4.69, 9.17) is 15.3 Å². The number of ether oxygens (including phenoxy) is 1. The molecule has 0 aliphatic heterocycles. The second-order valence-corrected chi connectivity index (χ2v) is 4.73. The lowest BCUT2D eigenvalue weighted by molar-refractivity contribution is 0.416. The van der Waals surface area contributed by atoms with E-state index in [1.54, 1.807) is 60.5 Å². The molecule has 0 unspecified atom stereocenters. The number of aromatic nitrogens is 3. The molecule has 23 heavy (non-hydrogen) atoms. The average Bonchev–Trinajstić information content (AvgIpc) is 3.11. The first-order chi connectivity index (χ1) is 11.2. The Bertz CT molecular complexity index is 929. The van der Waals surface area contributed by atoms with Crippen molar-refractivity contribution in [2.45, 2.75) is 0 Å². The van der Waals surface area contributed by atoms with Crippen molar-refractivity contribution >= 4 is 0 Å². The van der Waals surface area contributed by atoms with Gasteiger partial charge in [-0.1, -0.05) is 5.21 Å². The maximum Gasteiger partial charge on any atom is 0.129 e. The number of benzene rings is 2. The zero-order valence-corrected chi connectivity index (χ0v) is 12.3. The fourth-order valence-electron chi connectivity index (χ4n) is 2.17. The monoisotopic (exact) mass is 301 g/mol. The lowest BCUT2D eigenvalue weighted by Gasteiger charge is -2.05. The van der Waals surface area contributed by atoms with Crippen LogP contribution in [0.5, 0.6) is 5.75 Å². The summed E-state index contributed by atoms with van der Waals surface area (Å²) in [7, 11) is 1.55. The van der Waals surface area contributed by atoms with Crippen LogP contribution in [0.2, 0.25) is 0 Å².